The monoisotopic (exact) mass is 325 g/mol. The molecule has 0 saturated heterocycles. The van der Waals surface area contributed by atoms with Gasteiger partial charge in [0.15, 0.2) is 0 Å². The lowest BCUT2D eigenvalue weighted by Crippen LogP contribution is -2.35. The summed E-state index contributed by atoms with van der Waals surface area (Å²) >= 11 is 0. The summed E-state index contributed by atoms with van der Waals surface area (Å²) in [5.74, 6) is -0.265. The van der Waals surface area contributed by atoms with Gasteiger partial charge in [-0.15, -0.1) is 0 Å². The van der Waals surface area contributed by atoms with Crippen LogP contribution in [0.1, 0.15) is 24.1 Å². The Morgan fingerprint density at radius 1 is 1.29 bits per heavy atom. The van der Waals surface area contributed by atoms with Crippen LogP contribution in [0.3, 0.4) is 0 Å². The fourth-order valence-corrected chi connectivity index (χ4v) is 2.58. The van der Waals surface area contributed by atoms with Crippen LogP contribution in [0.15, 0.2) is 41.6 Å². The molecule has 1 N–H and O–H groups in total. The van der Waals surface area contributed by atoms with Crippen molar-refractivity contribution < 1.29 is 4.79 Å². The molecule has 1 unspecified atom stereocenters. The number of rotatable bonds is 4. The molecular formula is C17H19N5O2. The van der Waals surface area contributed by atoms with Crippen molar-refractivity contribution in [2.75, 3.05) is 0 Å². The fourth-order valence-electron chi connectivity index (χ4n) is 2.58. The first kappa shape index (κ1) is 15.9. The molecule has 2 aromatic heterocycles. The molecule has 3 aromatic rings. The SMILES string of the molecule is Cc1ccc(C(C)NC(=O)Cn2ncc3ncn(C)c3c2=O)cc1. The lowest BCUT2D eigenvalue weighted by atomic mass is 10.1. The first-order chi connectivity index (χ1) is 11.5. The Bertz CT molecular complexity index is 940. The van der Waals surface area contributed by atoms with Crippen LogP contribution < -0.4 is 10.9 Å². The number of aromatic nitrogens is 4. The Hall–Kier alpha value is -2.96. The van der Waals surface area contributed by atoms with E-state index in [4.69, 9.17) is 0 Å². The molecule has 124 valence electrons. The molecule has 1 aromatic carbocycles. The Morgan fingerprint density at radius 2 is 2.00 bits per heavy atom. The first-order valence-electron chi connectivity index (χ1n) is 7.69. The van der Waals surface area contributed by atoms with Gasteiger partial charge < -0.3 is 9.88 Å². The number of benzene rings is 1. The molecule has 1 amide bonds. The Kier molecular flexibility index (Phi) is 4.16. The van der Waals surface area contributed by atoms with Gasteiger partial charge in [0.1, 0.15) is 17.6 Å². The lowest BCUT2D eigenvalue weighted by molar-refractivity contribution is -0.122. The summed E-state index contributed by atoms with van der Waals surface area (Å²) in [5, 5.41) is 6.91. The normalized spacial score (nSPS) is 12.3. The fraction of sp³-hybridized carbons (Fsp3) is 0.294. The van der Waals surface area contributed by atoms with Crippen LogP contribution in [0.4, 0.5) is 0 Å². The summed E-state index contributed by atoms with van der Waals surface area (Å²) < 4.78 is 2.78. The predicted molar refractivity (Wildman–Crippen MR) is 90.5 cm³/mol. The van der Waals surface area contributed by atoms with Crippen LogP contribution in [-0.2, 0) is 18.4 Å². The molecular weight excluding hydrogens is 306 g/mol. The second-order valence-electron chi connectivity index (χ2n) is 5.90. The number of hydrogen-bond acceptors (Lipinski definition) is 4. The molecule has 0 fully saturated rings. The molecule has 0 spiro atoms. The number of hydrogen-bond donors (Lipinski definition) is 1. The lowest BCUT2D eigenvalue weighted by Gasteiger charge is -2.15. The van der Waals surface area contributed by atoms with Gasteiger partial charge in [0, 0.05) is 7.05 Å². The zero-order valence-corrected chi connectivity index (χ0v) is 13.9. The third-order valence-electron chi connectivity index (χ3n) is 3.97. The van der Waals surface area contributed by atoms with Crippen LogP contribution in [0.5, 0.6) is 0 Å². The van der Waals surface area contributed by atoms with E-state index in [9.17, 15) is 9.59 Å². The van der Waals surface area contributed by atoms with Gasteiger partial charge in [-0.1, -0.05) is 29.8 Å². The molecule has 7 heteroatoms. The number of imidazole rings is 1. The van der Waals surface area contributed by atoms with Crippen molar-refractivity contribution >= 4 is 16.9 Å². The largest absolute Gasteiger partial charge is 0.348 e. The van der Waals surface area contributed by atoms with Crippen molar-refractivity contribution in [1.29, 1.82) is 0 Å². The van der Waals surface area contributed by atoms with Crippen LogP contribution in [0, 0.1) is 6.92 Å². The van der Waals surface area contributed by atoms with E-state index in [1.807, 2.05) is 38.1 Å². The van der Waals surface area contributed by atoms with Gasteiger partial charge in [0.2, 0.25) is 5.91 Å². The summed E-state index contributed by atoms with van der Waals surface area (Å²) in [6.07, 6.45) is 3.05. The number of fused-ring (bicyclic) bond motifs is 1. The number of nitrogens with zero attached hydrogens (tertiary/aromatic N) is 4. The smallest absolute Gasteiger partial charge is 0.293 e. The molecule has 0 saturated carbocycles. The van der Waals surface area contributed by atoms with Gasteiger partial charge in [-0.05, 0) is 19.4 Å². The van der Waals surface area contributed by atoms with Crippen LogP contribution in [0.25, 0.3) is 11.0 Å². The zero-order chi connectivity index (χ0) is 17.3. The standard InChI is InChI=1S/C17H19N5O2/c1-11-4-6-13(7-5-11)12(2)20-15(23)9-22-17(24)16-14(8-19-22)18-10-21(16)3/h4-8,10,12H,9H2,1-3H3,(H,20,23). The molecule has 2 heterocycles. The van der Waals surface area contributed by atoms with Crippen molar-refractivity contribution in [3.63, 3.8) is 0 Å². The van der Waals surface area contributed by atoms with Crippen molar-refractivity contribution in [1.82, 2.24) is 24.6 Å². The van der Waals surface area contributed by atoms with Crippen molar-refractivity contribution in [3.8, 4) is 0 Å². The number of aryl methyl sites for hydroxylation is 2. The average Bonchev–Trinajstić information content (AvgIpc) is 2.92. The van der Waals surface area contributed by atoms with E-state index in [0.717, 1.165) is 15.8 Å². The van der Waals surface area contributed by atoms with Crippen LogP contribution >= 0.6 is 0 Å². The van der Waals surface area contributed by atoms with Crippen molar-refractivity contribution in [2.45, 2.75) is 26.4 Å². The summed E-state index contributed by atoms with van der Waals surface area (Å²) in [7, 11) is 1.74. The van der Waals surface area contributed by atoms with Crippen molar-refractivity contribution in [2.24, 2.45) is 7.05 Å². The highest BCUT2D eigenvalue weighted by Gasteiger charge is 2.14. The van der Waals surface area contributed by atoms with E-state index in [2.05, 4.69) is 15.4 Å². The molecule has 0 aliphatic rings. The highest BCUT2D eigenvalue weighted by Crippen LogP contribution is 2.12. The minimum atomic E-state index is -0.328. The molecule has 3 rings (SSSR count). The Balaban J connectivity index is 1.75. The van der Waals surface area contributed by atoms with Gasteiger partial charge in [-0.2, -0.15) is 5.10 Å². The van der Waals surface area contributed by atoms with E-state index in [0.29, 0.717) is 11.0 Å². The number of nitrogens with one attached hydrogen (secondary N) is 1. The summed E-state index contributed by atoms with van der Waals surface area (Å²) in [4.78, 5) is 28.7. The van der Waals surface area contributed by atoms with E-state index in [1.165, 1.54) is 6.20 Å². The topological polar surface area (TPSA) is 81.8 Å². The molecule has 0 aliphatic heterocycles. The second-order valence-corrected chi connectivity index (χ2v) is 5.90. The maximum Gasteiger partial charge on any atom is 0.293 e. The summed E-state index contributed by atoms with van der Waals surface area (Å²) in [6.45, 7) is 3.79. The van der Waals surface area contributed by atoms with E-state index in [1.54, 1.807) is 17.9 Å². The second kappa shape index (κ2) is 6.27. The minimum absolute atomic E-state index is 0.129. The Labute approximate surface area is 138 Å². The maximum absolute atomic E-state index is 12.4. The molecule has 0 radical (unpaired) electrons. The van der Waals surface area contributed by atoms with Crippen LogP contribution in [0.2, 0.25) is 0 Å². The summed E-state index contributed by atoms with van der Waals surface area (Å²) in [6, 6.07) is 7.81. The molecule has 24 heavy (non-hydrogen) atoms. The van der Waals surface area contributed by atoms with E-state index in [-0.39, 0.29) is 24.1 Å². The van der Waals surface area contributed by atoms with Gasteiger partial charge >= 0.3 is 0 Å². The first-order valence-corrected chi connectivity index (χ1v) is 7.69. The highest BCUT2D eigenvalue weighted by molar-refractivity contribution is 5.77. The predicted octanol–water partition coefficient (Wildman–Crippen LogP) is 1.32. The highest BCUT2D eigenvalue weighted by atomic mass is 16.2. The third-order valence-corrected chi connectivity index (χ3v) is 3.97. The molecule has 0 bridgehead atoms. The summed E-state index contributed by atoms with van der Waals surface area (Å²) in [5.41, 5.74) is 2.80. The van der Waals surface area contributed by atoms with Gasteiger partial charge in [-0.25, -0.2) is 9.67 Å². The third kappa shape index (κ3) is 3.05. The minimum Gasteiger partial charge on any atom is -0.348 e. The van der Waals surface area contributed by atoms with Crippen LogP contribution in [-0.4, -0.2) is 25.2 Å². The van der Waals surface area contributed by atoms with E-state index < -0.39 is 0 Å². The number of carbonyl (C=O) groups is 1. The zero-order valence-electron chi connectivity index (χ0n) is 13.9. The maximum atomic E-state index is 12.4. The molecule has 1 atom stereocenters. The molecule has 0 aliphatic carbocycles. The molecule has 7 nitrogen and oxygen atoms in total. The Morgan fingerprint density at radius 3 is 2.71 bits per heavy atom. The quantitative estimate of drug-likeness (QED) is 0.784. The van der Waals surface area contributed by atoms with Gasteiger partial charge in [-0.3, -0.25) is 9.59 Å². The number of carbonyl (C=O) groups excluding carboxylic acids is 1. The number of amides is 1. The average molecular weight is 325 g/mol. The van der Waals surface area contributed by atoms with Crippen molar-refractivity contribution in [3.05, 3.63) is 58.3 Å². The van der Waals surface area contributed by atoms with Gasteiger partial charge in [0.25, 0.3) is 5.56 Å². The van der Waals surface area contributed by atoms with Gasteiger partial charge in [0.05, 0.1) is 18.6 Å². The van der Waals surface area contributed by atoms with E-state index >= 15 is 0 Å².